The van der Waals surface area contributed by atoms with Gasteiger partial charge in [-0.15, -0.1) is 0 Å². The van der Waals surface area contributed by atoms with E-state index in [-0.39, 0.29) is 0 Å². The van der Waals surface area contributed by atoms with Crippen molar-refractivity contribution in [2.45, 2.75) is 25.2 Å². The molecule has 0 amide bonds. The zero-order valence-corrected chi connectivity index (χ0v) is 8.66. The first-order chi connectivity index (χ1) is 7.25. The molecule has 1 aliphatic heterocycles. The molecule has 5 heteroatoms. The number of hydrogen-bond acceptors (Lipinski definition) is 4. The molecule has 5 nitrogen and oxygen atoms in total. The Kier molecular flexibility index (Phi) is 3.35. The van der Waals surface area contributed by atoms with Crippen LogP contribution in [-0.2, 0) is 6.54 Å². The third-order valence-electron chi connectivity index (χ3n) is 2.78. The molecule has 2 heterocycles. The van der Waals surface area contributed by atoms with E-state index in [9.17, 15) is 10.2 Å². The van der Waals surface area contributed by atoms with Crippen LogP contribution in [0.4, 0.5) is 0 Å². The van der Waals surface area contributed by atoms with E-state index in [2.05, 4.69) is 9.88 Å². The molecule has 2 rings (SSSR count). The molecule has 0 aromatic carbocycles. The lowest BCUT2D eigenvalue weighted by Gasteiger charge is -2.14. The minimum atomic E-state index is -0.571. The van der Waals surface area contributed by atoms with Gasteiger partial charge in [0.25, 0.3) is 0 Å². The Balaban J connectivity index is 1.67. The van der Waals surface area contributed by atoms with E-state index >= 15 is 0 Å². The van der Waals surface area contributed by atoms with Gasteiger partial charge in [-0.05, 0) is 6.42 Å². The first-order valence-electron chi connectivity index (χ1n) is 5.30. The molecule has 2 unspecified atom stereocenters. The monoisotopic (exact) mass is 211 g/mol. The Bertz CT molecular complexity index is 279. The average molecular weight is 211 g/mol. The van der Waals surface area contributed by atoms with Crippen molar-refractivity contribution in [2.75, 3.05) is 19.6 Å². The Morgan fingerprint density at radius 2 is 1.93 bits per heavy atom. The van der Waals surface area contributed by atoms with Crippen LogP contribution in [0, 0.1) is 0 Å². The molecule has 15 heavy (non-hydrogen) atoms. The third-order valence-corrected chi connectivity index (χ3v) is 2.78. The maximum Gasteiger partial charge on any atom is 0.0945 e. The van der Waals surface area contributed by atoms with Crippen molar-refractivity contribution in [2.24, 2.45) is 0 Å². The molecule has 2 atom stereocenters. The van der Waals surface area contributed by atoms with E-state index in [1.807, 2.05) is 10.8 Å². The second kappa shape index (κ2) is 4.74. The average Bonchev–Trinajstić information content (AvgIpc) is 2.79. The second-order valence-corrected chi connectivity index (χ2v) is 4.05. The van der Waals surface area contributed by atoms with Gasteiger partial charge in [-0.25, -0.2) is 4.98 Å². The molecule has 84 valence electrons. The Morgan fingerprint density at radius 1 is 1.20 bits per heavy atom. The van der Waals surface area contributed by atoms with Crippen LogP contribution in [0.1, 0.15) is 6.42 Å². The number of likely N-dealkylation sites (tertiary alicyclic amines) is 1. The Hall–Kier alpha value is -0.910. The van der Waals surface area contributed by atoms with E-state index in [1.165, 1.54) is 0 Å². The van der Waals surface area contributed by atoms with Gasteiger partial charge in [0.15, 0.2) is 0 Å². The summed E-state index contributed by atoms with van der Waals surface area (Å²) in [7, 11) is 0. The molecule has 0 bridgehead atoms. The zero-order valence-electron chi connectivity index (χ0n) is 8.66. The topological polar surface area (TPSA) is 61.5 Å². The van der Waals surface area contributed by atoms with Crippen molar-refractivity contribution in [1.82, 2.24) is 14.5 Å². The molecule has 1 saturated heterocycles. The first-order valence-corrected chi connectivity index (χ1v) is 5.30. The number of aromatic nitrogens is 2. The van der Waals surface area contributed by atoms with Gasteiger partial charge in [0.2, 0.25) is 0 Å². The quantitative estimate of drug-likeness (QED) is 0.692. The van der Waals surface area contributed by atoms with Crippen LogP contribution in [-0.4, -0.2) is 56.5 Å². The van der Waals surface area contributed by atoms with Gasteiger partial charge in [-0.3, -0.25) is 4.90 Å². The maximum atomic E-state index is 9.34. The summed E-state index contributed by atoms with van der Waals surface area (Å²) in [4.78, 5) is 6.06. The first kappa shape index (κ1) is 10.6. The van der Waals surface area contributed by atoms with Crippen LogP contribution in [0.3, 0.4) is 0 Å². The van der Waals surface area contributed by atoms with Crippen molar-refractivity contribution < 1.29 is 10.2 Å². The second-order valence-electron chi connectivity index (χ2n) is 4.05. The summed E-state index contributed by atoms with van der Waals surface area (Å²) in [5, 5.41) is 18.7. The molecule has 0 saturated carbocycles. The van der Waals surface area contributed by atoms with Crippen LogP contribution in [0.15, 0.2) is 18.7 Å². The molecular formula is C10H17N3O2. The summed E-state index contributed by atoms with van der Waals surface area (Å²) < 4.78 is 2.03. The summed E-state index contributed by atoms with van der Waals surface area (Å²) >= 11 is 0. The lowest BCUT2D eigenvalue weighted by Crippen LogP contribution is -2.24. The van der Waals surface area contributed by atoms with E-state index in [0.29, 0.717) is 13.1 Å². The molecule has 2 N–H and O–H groups in total. The van der Waals surface area contributed by atoms with E-state index in [1.54, 1.807) is 12.5 Å². The number of rotatable bonds is 4. The smallest absolute Gasteiger partial charge is 0.0945 e. The minimum Gasteiger partial charge on any atom is -0.389 e. The van der Waals surface area contributed by atoms with Crippen LogP contribution >= 0.6 is 0 Å². The van der Waals surface area contributed by atoms with Gasteiger partial charge >= 0.3 is 0 Å². The van der Waals surface area contributed by atoms with Crippen molar-refractivity contribution in [1.29, 1.82) is 0 Å². The number of hydrogen-bond donors (Lipinski definition) is 2. The summed E-state index contributed by atoms with van der Waals surface area (Å²) in [6.07, 6.45) is 5.37. The van der Waals surface area contributed by atoms with Crippen LogP contribution < -0.4 is 0 Å². The molecule has 0 aliphatic carbocycles. The van der Waals surface area contributed by atoms with E-state index in [4.69, 9.17) is 0 Å². The predicted octanol–water partition coefficient (Wildman–Crippen LogP) is -0.689. The third kappa shape index (κ3) is 2.77. The van der Waals surface area contributed by atoms with Crippen molar-refractivity contribution in [3.63, 3.8) is 0 Å². The number of aryl methyl sites for hydroxylation is 1. The maximum absolute atomic E-state index is 9.34. The van der Waals surface area contributed by atoms with Gasteiger partial charge in [0, 0.05) is 38.6 Å². The van der Waals surface area contributed by atoms with Gasteiger partial charge in [0.05, 0.1) is 18.5 Å². The zero-order chi connectivity index (χ0) is 10.7. The molecule has 1 aliphatic rings. The number of nitrogens with zero attached hydrogens (tertiary/aromatic N) is 3. The van der Waals surface area contributed by atoms with E-state index in [0.717, 1.165) is 19.5 Å². The van der Waals surface area contributed by atoms with Crippen molar-refractivity contribution in [3.05, 3.63) is 18.7 Å². The molecule has 1 aromatic rings. The van der Waals surface area contributed by atoms with Crippen LogP contribution in [0.25, 0.3) is 0 Å². The highest BCUT2D eigenvalue weighted by Gasteiger charge is 2.28. The van der Waals surface area contributed by atoms with Gasteiger partial charge in [-0.1, -0.05) is 0 Å². The highest BCUT2D eigenvalue weighted by molar-refractivity contribution is 4.83. The molecule has 1 aromatic heterocycles. The number of β-amino-alcohol motifs (C(OH)–C–C–N with tert-alkyl or cyclic N) is 2. The lowest BCUT2D eigenvalue weighted by molar-refractivity contribution is 0.0572. The molecular weight excluding hydrogens is 194 g/mol. The fraction of sp³-hybridized carbons (Fsp3) is 0.700. The number of imidazole rings is 1. The summed E-state index contributed by atoms with van der Waals surface area (Å²) in [6, 6.07) is 0. The minimum absolute atomic E-state index is 0.571. The van der Waals surface area contributed by atoms with E-state index < -0.39 is 12.2 Å². The molecule has 0 radical (unpaired) electrons. The van der Waals surface area contributed by atoms with Crippen molar-refractivity contribution >= 4 is 0 Å². The molecule has 1 fully saturated rings. The Labute approximate surface area is 89.0 Å². The number of aliphatic hydroxyl groups is 2. The molecule has 0 spiro atoms. The lowest BCUT2D eigenvalue weighted by atomic mass is 10.3. The van der Waals surface area contributed by atoms with Gasteiger partial charge in [0.1, 0.15) is 0 Å². The highest BCUT2D eigenvalue weighted by atomic mass is 16.3. The number of aliphatic hydroxyl groups excluding tert-OH is 2. The summed E-state index contributed by atoms with van der Waals surface area (Å²) in [6.45, 7) is 3.02. The highest BCUT2D eigenvalue weighted by Crippen LogP contribution is 2.10. The van der Waals surface area contributed by atoms with Crippen molar-refractivity contribution in [3.8, 4) is 0 Å². The predicted molar refractivity (Wildman–Crippen MR) is 55.3 cm³/mol. The summed E-state index contributed by atoms with van der Waals surface area (Å²) in [5.74, 6) is 0. The SMILES string of the molecule is OC1CN(CCCn2ccnc2)CC1O. The van der Waals surface area contributed by atoms with Gasteiger partial charge in [-0.2, -0.15) is 0 Å². The normalized spacial score (nSPS) is 27.3. The van der Waals surface area contributed by atoms with Crippen LogP contribution in [0.2, 0.25) is 0 Å². The van der Waals surface area contributed by atoms with Crippen LogP contribution in [0.5, 0.6) is 0 Å². The standard InChI is InChI=1S/C10H17N3O2/c14-9-6-13(7-10(9)15)4-1-3-12-5-2-11-8-12/h2,5,8-10,14-15H,1,3-4,6-7H2. The largest absolute Gasteiger partial charge is 0.389 e. The Morgan fingerprint density at radius 3 is 2.53 bits per heavy atom. The summed E-state index contributed by atoms with van der Waals surface area (Å²) in [5.41, 5.74) is 0. The fourth-order valence-electron chi connectivity index (χ4n) is 1.93. The van der Waals surface area contributed by atoms with Gasteiger partial charge < -0.3 is 14.8 Å². The fourth-order valence-corrected chi connectivity index (χ4v) is 1.93.